The Labute approximate surface area is 121 Å². The van der Waals surface area contributed by atoms with Crippen LogP contribution in [0.2, 0.25) is 0 Å². The van der Waals surface area contributed by atoms with Gasteiger partial charge >= 0.3 is 0 Å². The van der Waals surface area contributed by atoms with Crippen molar-refractivity contribution in [1.82, 2.24) is 9.97 Å². The van der Waals surface area contributed by atoms with E-state index in [1.165, 1.54) is 11.3 Å². The summed E-state index contributed by atoms with van der Waals surface area (Å²) in [5, 5.41) is 0.486. The van der Waals surface area contributed by atoms with Crippen molar-refractivity contribution in [2.45, 2.75) is 4.90 Å². The van der Waals surface area contributed by atoms with Crippen LogP contribution in [0.5, 0.6) is 11.6 Å². The molecule has 1 unspecified atom stereocenters. The summed E-state index contributed by atoms with van der Waals surface area (Å²) in [6.07, 6.45) is 1.64. The molecule has 0 aliphatic carbocycles. The molecule has 0 spiro atoms. The lowest BCUT2D eigenvalue weighted by Gasteiger charge is -2.04. The number of rotatable bonds is 3. The summed E-state index contributed by atoms with van der Waals surface area (Å²) in [7, 11) is -0.991. The van der Waals surface area contributed by atoms with Crippen molar-refractivity contribution in [1.29, 1.82) is 0 Å². The summed E-state index contributed by atoms with van der Waals surface area (Å²) in [5.41, 5.74) is 6.40. The molecule has 1 aromatic carbocycles. The lowest BCUT2D eigenvalue weighted by Crippen LogP contribution is -1.90. The number of pyridine rings is 1. The standard InChI is InChI=1S/C13H11N3O2S2/c1-20(17)9-4-2-8(3-5-9)18-11-7-6-10-12(16-11)19-13(14)15-10/h2-7H,1H3,(H2,14,15). The Balaban J connectivity index is 1.86. The fourth-order valence-corrected chi connectivity index (χ4v) is 2.91. The number of nitrogen functional groups attached to an aromatic ring is 1. The second kappa shape index (κ2) is 5.18. The first-order chi connectivity index (χ1) is 9.61. The van der Waals surface area contributed by atoms with Gasteiger partial charge in [-0.1, -0.05) is 11.3 Å². The molecule has 5 nitrogen and oxygen atoms in total. The van der Waals surface area contributed by atoms with Gasteiger partial charge < -0.3 is 10.5 Å². The predicted octanol–water partition coefficient (Wildman–Crippen LogP) is 2.80. The highest BCUT2D eigenvalue weighted by molar-refractivity contribution is 7.84. The Morgan fingerprint density at radius 1 is 1.15 bits per heavy atom. The van der Waals surface area contributed by atoms with E-state index < -0.39 is 10.8 Å². The highest BCUT2D eigenvalue weighted by atomic mass is 32.2. The first-order valence-electron chi connectivity index (χ1n) is 5.76. The summed E-state index contributed by atoms with van der Waals surface area (Å²) in [4.78, 5) is 9.98. The summed E-state index contributed by atoms with van der Waals surface area (Å²) >= 11 is 1.32. The third-order valence-corrected chi connectivity index (χ3v) is 4.35. The smallest absolute Gasteiger partial charge is 0.220 e. The minimum Gasteiger partial charge on any atom is -0.439 e. The van der Waals surface area contributed by atoms with Gasteiger partial charge in [0.1, 0.15) is 16.1 Å². The zero-order valence-corrected chi connectivity index (χ0v) is 12.2. The van der Waals surface area contributed by atoms with Gasteiger partial charge in [-0.05, 0) is 30.3 Å². The van der Waals surface area contributed by atoms with Gasteiger partial charge in [-0.2, -0.15) is 0 Å². The molecular weight excluding hydrogens is 294 g/mol. The fraction of sp³-hybridized carbons (Fsp3) is 0.0769. The molecule has 102 valence electrons. The SMILES string of the molecule is CS(=O)c1ccc(Oc2ccc3nc(N)sc3n2)cc1. The predicted molar refractivity (Wildman–Crippen MR) is 80.7 cm³/mol. The maximum Gasteiger partial charge on any atom is 0.220 e. The number of anilines is 1. The van der Waals surface area contributed by atoms with Gasteiger partial charge in [0.05, 0.1) is 0 Å². The van der Waals surface area contributed by atoms with E-state index in [-0.39, 0.29) is 0 Å². The van der Waals surface area contributed by atoms with E-state index in [0.29, 0.717) is 16.8 Å². The van der Waals surface area contributed by atoms with Crippen molar-refractivity contribution in [3.05, 3.63) is 36.4 Å². The number of hydrogen-bond donors (Lipinski definition) is 1. The van der Waals surface area contributed by atoms with Gasteiger partial charge in [0, 0.05) is 28.0 Å². The minimum atomic E-state index is -0.991. The Bertz CT molecular complexity index is 784. The lowest BCUT2D eigenvalue weighted by molar-refractivity contribution is 0.465. The fourth-order valence-electron chi connectivity index (χ4n) is 1.69. The van der Waals surface area contributed by atoms with Crippen molar-refractivity contribution in [3.63, 3.8) is 0 Å². The Hall–Kier alpha value is -1.99. The van der Waals surface area contributed by atoms with Gasteiger partial charge in [0.2, 0.25) is 5.88 Å². The molecule has 0 aliphatic rings. The lowest BCUT2D eigenvalue weighted by atomic mass is 10.3. The third kappa shape index (κ3) is 2.63. The third-order valence-electron chi connectivity index (χ3n) is 2.62. The number of ether oxygens (including phenoxy) is 1. The second-order valence-corrected chi connectivity index (χ2v) is 6.44. The molecule has 0 amide bonds. The van der Waals surface area contributed by atoms with Crippen LogP contribution in [0, 0.1) is 0 Å². The molecule has 2 heterocycles. The molecule has 0 saturated heterocycles. The molecule has 2 N–H and O–H groups in total. The van der Waals surface area contributed by atoms with Gasteiger partial charge in [0.25, 0.3) is 0 Å². The zero-order valence-electron chi connectivity index (χ0n) is 10.6. The van der Waals surface area contributed by atoms with Crippen LogP contribution >= 0.6 is 11.3 Å². The number of nitrogens with two attached hydrogens (primary N) is 1. The maximum atomic E-state index is 11.3. The first kappa shape index (κ1) is 13.0. The molecule has 1 atom stereocenters. The molecular formula is C13H11N3O2S2. The van der Waals surface area contributed by atoms with E-state index in [2.05, 4.69) is 9.97 Å². The van der Waals surface area contributed by atoms with Gasteiger partial charge in [-0.25, -0.2) is 9.97 Å². The minimum absolute atomic E-state index is 0.478. The zero-order chi connectivity index (χ0) is 14.1. The summed E-state index contributed by atoms with van der Waals surface area (Å²) < 4.78 is 17.0. The van der Waals surface area contributed by atoms with Crippen molar-refractivity contribution in [3.8, 4) is 11.6 Å². The van der Waals surface area contributed by atoms with Gasteiger partial charge in [-0.3, -0.25) is 4.21 Å². The highest BCUT2D eigenvalue weighted by Crippen LogP contribution is 2.26. The van der Waals surface area contributed by atoms with Crippen LogP contribution < -0.4 is 10.5 Å². The second-order valence-electron chi connectivity index (χ2n) is 4.05. The van der Waals surface area contributed by atoms with Crippen LogP contribution in [0.4, 0.5) is 5.13 Å². The molecule has 3 aromatic rings. The molecule has 0 fully saturated rings. The number of hydrogen-bond acceptors (Lipinski definition) is 6. The molecule has 3 rings (SSSR count). The quantitative estimate of drug-likeness (QED) is 0.805. The van der Waals surface area contributed by atoms with E-state index >= 15 is 0 Å². The monoisotopic (exact) mass is 305 g/mol. The molecule has 7 heteroatoms. The summed E-state index contributed by atoms with van der Waals surface area (Å²) in [6.45, 7) is 0. The molecule has 0 aliphatic heterocycles. The van der Waals surface area contributed by atoms with Gasteiger partial charge in [-0.15, -0.1) is 0 Å². The number of benzene rings is 1. The Kier molecular flexibility index (Phi) is 3.37. The van der Waals surface area contributed by atoms with Crippen molar-refractivity contribution < 1.29 is 8.95 Å². The molecule has 0 bridgehead atoms. The van der Waals surface area contributed by atoms with E-state index in [9.17, 15) is 4.21 Å². The first-order valence-corrected chi connectivity index (χ1v) is 8.14. The maximum absolute atomic E-state index is 11.3. The average molecular weight is 305 g/mol. The number of thiazole rings is 1. The van der Waals surface area contributed by atoms with E-state index in [0.717, 1.165) is 15.2 Å². The van der Waals surface area contributed by atoms with Crippen LogP contribution in [0.3, 0.4) is 0 Å². The van der Waals surface area contributed by atoms with Crippen molar-refractivity contribution in [2.24, 2.45) is 0 Å². The van der Waals surface area contributed by atoms with Crippen LogP contribution in [0.25, 0.3) is 10.3 Å². The number of aromatic nitrogens is 2. The van der Waals surface area contributed by atoms with E-state index in [4.69, 9.17) is 10.5 Å². The summed E-state index contributed by atoms with van der Waals surface area (Å²) in [6, 6.07) is 10.6. The number of fused-ring (bicyclic) bond motifs is 1. The topological polar surface area (TPSA) is 78.1 Å². The molecule has 2 aromatic heterocycles. The molecule has 20 heavy (non-hydrogen) atoms. The highest BCUT2D eigenvalue weighted by Gasteiger charge is 2.06. The van der Waals surface area contributed by atoms with Crippen LogP contribution in [0.1, 0.15) is 0 Å². The van der Waals surface area contributed by atoms with E-state index in [1.54, 1.807) is 36.6 Å². The average Bonchev–Trinajstić information content (AvgIpc) is 2.78. The molecule has 0 radical (unpaired) electrons. The Morgan fingerprint density at radius 2 is 1.90 bits per heavy atom. The summed E-state index contributed by atoms with van der Waals surface area (Å²) in [5.74, 6) is 1.12. The molecule has 0 saturated carbocycles. The van der Waals surface area contributed by atoms with Crippen molar-refractivity contribution >= 4 is 37.6 Å². The Morgan fingerprint density at radius 3 is 2.60 bits per heavy atom. The van der Waals surface area contributed by atoms with Gasteiger partial charge in [0.15, 0.2) is 5.13 Å². The number of nitrogens with zero attached hydrogens (tertiary/aromatic N) is 2. The van der Waals surface area contributed by atoms with E-state index in [1.807, 2.05) is 6.07 Å². The largest absolute Gasteiger partial charge is 0.439 e. The normalized spacial score (nSPS) is 12.4. The van der Waals surface area contributed by atoms with Crippen LogP contribution in [-0.2, 0) is 10.8 Å². The van der Waals surface area contributed by atoms with Crippen LogP contribution in [-0.4, -0.2) is 20.4 Å². The van der Waals surface area contributed by atoms with Crippen LogP contribution in [0.15, 0.2) is 41.3 Å². The van der Waals surface area contributed by atoms with Crippen molar-refractivity contribution in [2.75, 3.05) is 12.0 Å².